The van der Waals surface area contributed by atoms with Crippen molar-refractivity contribution in [3.8, 4) is 0 Å². The van der Waals surface area contributed by atoms with Gasteiger partial charge in [-0.05, 0) is 13.8 Å². The van der Waals surface area contributed by atoms with Crippen LogP contribution in [0.15, 0.2) is 0 Å². The molecule has 1 N–H and O–H groups in total. The van der Waals surface area contributed by atoms with E-state index in [2.05, 4.69) is 0 Å². The van der Waals surface area contributed by atoms with E-state index in [4.69, 9.17) is 42.1 Å². The number of aliphatic hydroxyl groups is 1. The van der Waals surface area contributed by atoms with Crippen molar-refractivity contribution in [3.05, 3.63) is 0 Å². The lowest BCUT2D eigenvalue weighted by Gasteiger charge is -2.54. The van der Waals surface area contributed by atoms with Crippen LogP contribution in [0, 0.1) is 0 Å². The second kappa shape index (κ2) is 3.73. The van der Waals surface area contributed by atoms with E-state index in [1.807, 2.05) is 13.8 Å². The molecule has 7 heteroatoms. The Kier molecular flexibility index (Phi) is 2.77. The number of halogens is 2. The summed E-state index contributed by atoms with van der Waals surface area (Å²) in [6, 6.07) is 0. The van der Waals surface area contributed by atoms with E-state index in [0.29, 0.717) is 6.42 Å². The van der Waals surface area contributed by atoms with Gasteiger partial charge in [-0.2, -0.15) is 0 Å². The highest BCUT2D eigenvalue weighted by Crippen LogP contribution is 2.62. The van der Waals surface area contributed by atoms with Crippen molar-refractivity contribution in [2.24, 2.45) is 0 Å². The summed E-state index contributed by atoms with van der Waals surface area (Å²) in [5, 5.41) is 9.73. The molecule has 3 rings (SSSR count). The summed E-state index contributed by atoms with van der Waals surface area (Å²) >= 11 is 12.4. The van der Waals surface area contributed by atoms with Gasteiger partial charge >= 0.3 is 0 Å². The Hall–Kier alpha value is 0.380. The first-order chi connectivity index (χ1) is 8.23. The molecule has 2 unspecified atom stereocenters. The largest absolute Gasteiger partial charge is 0.390 e. The zero-order valence-corrected chi connectivity index (χ0v) is 11.9. The quantitative estimate of drug-likeness (QED) is 0.737. The molecule has 2 saturated heterocycles. The first kappa shape index (κ1) is 13.4. The van der Waals surface area contributed by atoms with Crippen molar-refractivity contribution in [1.29, 1.82) is 0 Å². The molecule has 2 aliphatic heterocycles. The summed E-state index contributed by atoms with van der Waals surface area (Å²) in [6.07, 6.45) is -1.98. The van der Waals surface area contributed by atoms with Gasteiger partial charge in [0, 0.05) is 13.5 Å². The maximum absolute atomic E-state index is 9.73. The van der Waals surface area contributed by atoms with Crippen LogP contribution >= 0.6 is 23.2 Å². The average molecular weight is 299 g/mol. The van der Waals surface area contributed by atoms with Gasteiger partial charge in [-0.1, -0.05) is 23.2 Å². The van der Waals surface area contributed by atoms with Crippen LogP contribution in [-0.4, -0.2) is 52.5 Å². The topological polar surface area (TPSA) is 57.2 Å². The highest BCUT2D eigenvalue weighted by Gasteiger charge is 2.78. The zero-order valence-electron chi connectivity index (χ0n) is 10.4. The predicted octanol–water partition coefficient (Wildman–Crippen LogP) is 1.19. The zero-order chi connectivity index (χ0) is 13.3. The van der Waals surface area contributed by atoms with Crippen LogP contribution < -0.4 is 0 Å². The average Bonchev–Trinajstić information content (AvgIpc) is 2.73. The van der Waals surface area contributed by atoms with Gasteiger partial charge in [-0.15, -0.1) is 0 Å². The summed E-state index contributed by atoms with van der Waals surface area (Å²) < 4.78 is 21.2. The molecule has 1 spiro atoms. The van der Waals surface area contributed by atoms with Crippen LogP contribution in [-0.2, 0) is 18.9 Å². The molecule has 0 amide bonds. The number of fused-ring (bicyclic) bond motifs is 2. The Morgan fingerprint density at radius 1 is 1.22 bits per heavy atom. The lowest BCUT2D eigenvalue weighted by Crippen LogP contribution is -2.71. The minimum absolute atomic E-state index is 0.306. The van der Waals surface area contributed by atoms with Gasteiger partial charge in [0.2, 0.25) is 0 Å². The molecule has 104 valence electrons. The van der Waals surface area contributed by atoms with E-state index in [9.17, 15) is 5.11 Å². The third-order valence-corrected chi connectivity index (χ3v) is 5.04. The summed E-state index contributed by atoms with van der Waals surface area (Å²) in [5.74, 6) is -0.743. The molecule has 1 saturated carbocycles. The van der Waals surface area contributed by atoms with Gasteiger partial charge in [-0.25, -0.2) is 0 Å². The van der Waals surface area contributed by atoms with E-state index in [0.717, 1.165) is 0 Å². The third-order valence-electron chi connectivity index (χ3n) is 3.89. The first-order valence-electron chi connectivity index (χ1n) is 5.86. The second-order valence-electron chi connectivity index (χ2n) is 5.48. The van der Waals surface area contributed by atoms with Gasteiger partial charge in [0.15, 0.2) is 16.4 Å². The highest BCUT2D eigenvalue weighted by molar-refractivity contribution is 6.50. The number of hydrogen-bond acceptors (Lipinski definition) is 5. The molecular formula is C11H16Cl2O5. The van der Waals surface area contributed by atoms with E-state index in [1.165, 1.54) is 7.11 Å². The number of aliphatic hydroxyl groups excluding tert-OH is 1. The van der Waals surface area contributed by atoms with Gasteiger partial charge in [0.25, 0.3) is 0 Å². The Morgan fingerprint density at radius 2 is 1.89 bits per heavy atom. The van der Waals surface area contributed by atoms with Crippen molar-refractivity contribution < 1.29 is 24.1 Å². The maximum atomic E-state index is 9.73. The van der Waals surface area contributed by atoms with Crippen LogP contribution in [0.5, 0.6) is 0 Å². The smallest absolute Gasteiger partial charge is 0.187 e. The molecule has 0 aromatic heterocycles. The van der Waals surface area contributed by atoms with Gasteiger partial charge in [0.05, 0.1) is 6.10 Å². The van der Waals surface area contributed by atoms with Crippen LogP contribution in [0.3, 0.4) is 0 Å². The molecule has 0 aromatic rings. The van der Waals surface area contributed by atoms with E-state index in [-0.39, 0.29) is 0 Å². The molecule has 5 nitrogen and oxygen atoms in total. The Morgan fingerprint density at radius 3 is 2.39 bits per heavy atom. The lowest BCUT2D eigenvalue weighted by molar-refractivity contribution is -0.280. The molecule has 1 aliphatic carbocycles. The Bertz CT molecular complexity index is 374. The van der Waals surface area contributed by atoms with Gasteiger partial charge < -0.3 is 24.1 Å². The van der Waals surface area contributed by atoms with Crippen LogP contribution in [0.1, 0.15) is 20.3 Å². The normalized spacial score (nSPS) is 52.3. The number of ether oxygens (including phenoxy) is 4. The van der Waals surface area contributed by atoms with Gasteiger partial charge in [0.1, 0.15) is 17.8 Å². The second-order valence-corrected chi connectivity index (χ2v) is 6.86. The monoisotopic (exact) mass is 298 g/mol. The Balaban J connectivity index is 1.94. The van der Waals surface area contributed by atoms with E-state index < -0.39 is 40.3 Å². The predicted molar refractivity (Wildman–Crippen MR) is 63.5 cm³/mol. The molecule has 0 radical (unpaired) electrons. The minimum atomic E-state index is -1.41. The maximum Gasteiger partial charge on any atom is 0.187 e. The van der Waals surface area contributed by atoms with Crippen molar-refractivity contribution in [2.45, 2.75) is 60.6 Å². The summed E-state index contributed by atoms with van der Waals surface area (Å²) in [7, 11) is 1.52. The van der Waals surface area contributed by atoms with Crippen LogP contribution in [0.2, 0.25) is 0 Å². The molecule has 18 heavy (non-hydrogen) atoms. The number of alkyl halides is 2. The summed E-state index contributed by atoms with van der Waals surface area (Å²) in [6.45, 7) is 3.62. The van der Waals surface area contributed by atoms with Crippen molar-refractivity contribution >= 4 is 23.2 Å². The standard InChI is InChI=1S/C11H16Cl2O5/c1-9(2)16-6-7(17-9)10(18-8(6)15-3)4-5(14)11(10,12)13/h5-8,14H,4H2,1-3H3/t5?,6?,7-,8-,10+/m1/s1. The summed E-state index contributed by atoms with van der Waals surface area (Å²) in [5.41, 5.74) is -0.978. The number of hydrogen-bond donors (Lipinski definition) is 1. The first-order valence-corrected chi connectivity index (χ1v) is 6.61. The van der Waals surface area contributed by atoms with Crippen LogP contribution in [0.25, 0.3) is 0 Å². The summed E-state index contributed by atoms with van der Waals surface area (Å²) in [4.78, 5) is 0. The molecule has 0 aromatic carbocycles. The van der Waals surface area contributed by atoms with Crippen LogP contribution in [0.4, 0.5) is 0 Å². The number of methoxy groups -OCH3 is 1. The molecule has 3 fully saturated rings. The van der Waals surface area contributed by atoms with Crippen molar-refractivity contribution in [2.75, 3.05) is 7.11 Å². The van der Waals surface area contributed by atoms with E-state index in [1.54, 1.807) is 0 Å². The Labute approximate surface area is 115 Å². The molecular weight excluding hydrogens is 283 g/mol. The fourth-order valence-corrected chi connectivity index (χ4v) is 3.62. The molecule has 0 bridgehead atoms. The molecule has 2 heterocycles. The fourth-order valence-electron chi connectivity index (χ4n) is 3.01. The van der Waals surface area contributed by atoms with Crippen molar-refractivity contribution in [3.63, 3.8) is 0 Å². The molecule has 5 atom stereocenters. The SMILES string of the molecule is CO[C@@H]1O[C@@]2(CC(O)C2(Cl)Cl)[C@@H]2OC(C)(C)OC12. The number of rotatable bonds is 1. The third kappa shape index (κ3) is 1.47. The minimum Gasteiger partial charge on any atom is -0.390 e. The lowest BCUT2D eigenvalue weighted by atomic mass is 9.72. The van der Waals surface area contributed by atoms with E-state index >= 15 is 0 Å². The molecule has 3 aliphatic rings. The van der Waals surface area contributed by atoms with Crippen molar-refractivity contribution in [1.82, 2.24) is 0 Å². The fraction of sp³-hybridized carbons (Fsp3) is 1.00. The highest BCUT2D eigenvalue weighted by atomic mass is 35.5. The van der Waals surface area contributed by atoms with Gasteiger partial charge in [-0.3, -0.25) is 0 Å².